The Labute approximate surface area is 127 Å². The molecule has 0 spiro atoms. The summed E-state index contributed by atoms with van der Waals surface area (Å²) in [7, 11) is 1.72. The van der Waals surface area contributed by atoms with E-state index in [0.29, 0.717) is 6.54 Å². The van der Waals surface area contributed by atoms with E-state index >= 15 is 0 Å². The molecule has 0 saturated heterocycles. The number of rotatable bonds is 9. The van der Waals surface area contributed by atoms with E-state index in [9.17, 15) is 0 Å². The van der Waals surface area contributed by atoms with Crippen LogP contribution in [0.2, 0.25) is 0 Å². The van der Waals surface area contributed by atoms with Crippen LogP contribution in [-0.2, 0) is 4.74 Å². The van der Waals surface area contributed by atoms with Gasteiger partial charge in [0.15, 0.2) is 0 Å². The standard InChI is InChI=1S/C16H27N3O2/c1-16(2,9-10-21-3)12-18-11-14(15(17)19-20)13-7-5-4-6-8-13/h4-8,14,18,20H,9-12H2,1-3H3,(H2,17,19). The number of ether oxygens (including phenoxy) is 1. The van der Waals surface area contributed by atoms with Gasteiger partial charge in [-0.3, -0.25) is 0 Å². The van der Waals surface area contributed by atoms with E-state index < -0.39 is 0 Å². The maximum atomic E-state index is 8.96. The maximum absolute atomic E-state index is 8.96. The quantitative estimate of drug-likeness (QED) is 0.282. The maximum Gasteiger partial charge on any atom is 0.147 e. The second kappa shape index (κ2) is 8.64. The van der Waals surface area contributed by atoms with Gasteiger partial charge in [-0.2, -0.15) is 0 Å². The van der Waals surface area contributed by atoms with Gasteiger partial charge in [0.1, 0.15) is 5.84 Å². The predicted molar refractivity (Wildman–Crippen MR) is 85.7 cm³/mol. The second-order valence-electron chi connectivity index (χ2n) is 6.03. The number of hydrogen-bond donors (Lipinski definition) is 3. The van der Waals surface area contributed by atoms with Gasteiger partial charge in [-0.25, -0.2) is 0 Å². The Hall–Kier alpha value is -1.59. The Morgan fingerprint density at radius 1 is 1.38 bits per heavy atom. The van der Waals surface area contributed by atoms with Crippen molar-refractivity contribution >= 4 is 5.84 Å². The molecule has 5 nitrogen and oxygen atoms in total. The van der Waals surface area contributed by atoms with E-state index in [2.05, 4.69) is 24.3 Å². The smallest absolute Gasteiger partial charge is 0.147 e. The minimum atomic E-state index is -0.130. The van der Waals surface area contributed by atoms with E-state index in [4.69, 9.17) is 15.7 Å². The third-order valence-corrected chi connectivity index (χ3v) is 3.61. The van der Waals surface area contributed by atoms with Gasteiger partial charge in [-0.05, 0) is 17.4 Å². The molecular formula is C16H27N3O2. The molecule has 0 aliphatic heterocycles. The summed E-state index contributed by atoms with van der Waals surface area (Å²) in [6, 6.07) is 9.83. The number of benzene rings is 1. The summed E-state index contributed by atoms with van der Waals surface area (Å²) in [5, 5.41) is 15.5. The van der Waals surface area contributed by atoms with Crippen LogP contribution in [0.1, 0.15) is 31.7 Å². The molecule has 1 aromatic carbocycles. The van der Waals surface area contributed by atoms with Crippen LogP contribution in [0, 0.1) is 5.41 Å². The van der Waals surface area contributed by atoms with Crippen molar-refractivity contribution in [2.75, 3.05) is 26.8 Å². The molecule has 0 aliphatic carbocycles. The van der Waals surface area contributed by atoms with E-state index in [1.54, 1.807) is 7.11 Å². The fraction of sp³-hybridized carbons (Fsp3) is 0.562. The van der Waals surface area contributed by atoms with Crippen molar-refractivity contribution in [1.29, 1.82) is 0 Å². The molecule has 0 aliphatic rings. The van der Waals surface area contributed by atoms with Gasteiger partial charge in [-0.1, -0.05) is 49.3 Å². The van der Waals surface area contributed by atoms with Crippen molar-refractivity contribution in [2.45, 2.75) is 26.2 Å². The molecule has 1 unspecified atom stereocenters. The van der Waals surface area contributed by atoms with Gasteiger partial charge in [0, 0.05) is 26.8 Å². The van der Waals surface area contributed by atoms with Gasteiger partial charge in [0.25, 0.3) is 0 Å². The first-order chi connectivity index (χ1) is 10.00. The van der Waals surface area contributed by atoms with Crippen LogP contribution in [0.4, 0.5) is 0 Å². The van der Waals surface area contributed by atoms with E-state index in [1.807, 2.05) is 30.3 Å². The van der Waals surface area contributed by atoms with Crippen molar-refractivity contribution in [3.63, 3.8) is 0 Å². The van der Waals surface area contributed by atoms with E-state index in [0.717, 1.165) is 25.1 Å². The molecule has 1 atom stereocenters. The van der Waals surface area contributed by atoms with Crippen LogP contribution in [0.5, 0.6) is 0 Å². The number of hydrogen-bond acceptors (Lipinski definition) is 4. The highest BCUT2D eigenvalue weighted by Gasteiger charge is 2.20. The monoisotopic (exact) mass is 293 g/mol. The molecule has 0 saturated carbocycles. The normalized spacial score (nSPS) is 14.1. The first-order valence-corrected chi connectivity index (χ1v) is 7.22. The zero-order valence-electron chi connectivity index (χ0n) is 13.2. The third-order valence-electron chi connectivity index (χ3n) is 3.61. The highest BCUT2D eigenvalue weighted by atomic mass is 16.5. The number of amidine groups is 1. The number of nitrogens with two attached hydrogens (primary N) is 1. The van der Waals surface area contributed by atoms with Crippen molar-refractivity contribution in [3.8, 4) is 0 Å². The van der Waals surface area contributed by atoms with Crippen LogP contribution in [-0.4, -0.2) is 37.8 Å². The van der Waals surface area contributed by atoms with Gasteiger partial charge >= 0.3 is 0 Å². The minimum absolute atomic E-state index is 0.130. The van der Waals surface area contributed by atoms with E-state index in [1.165, 1.54) is 0 Å². The summed E-state index contributed by atoms with van der Waals surface area (Å²) in [6.45, 7) is 6.62. The highest BCUT2D eigenvalue weighted by molar-refractivity contribution is 5.87. The average Bonchev–Trinajstić information content (AvgIpc) is 2.50. The third kappa shape index (κ3) is 6.14. The molecular weight excluding hydrogens is 266 g/mol. The summed E-state index contributed by atoms with van der Waals surface area (Å²) in [5.41, 5.74) is 7.00. The number of methoxy groups -OCH3 is 1. The zero-order chi connectivity index (χ0) is 15.7. The average molecular weight is 293 g/mol. The second-order valence-corrected chi connectivity index (χ2v) is 6.03. The van der Waals surface area contributed by atoms with Crippen LogP contribution in [0.25, 0.3) is 0 Å². The van der Waals surface area contributed by atoms with Gasteiger partial charge in [0.05, 0.1) is 5.92 Å². The molecule has 0 aromatic heterocycles. The van der Waals surface area contributed by atoms with Gasteiger partial charge in [-0.15, -0.1) is 0 Å². The van der Waals surface area contributed by atoms with Crippen LogP contribution in [0.15, 0.2) is 35.5 Å². The lowest BCUT2D eigenvalue weighted by molar-refractivity contribution is 0.151. The Bertz CT molecular complexity index is 432. The molecule has 0 fully saturated rings. The van der Waals surface area contributed by atoms with Crippen molar-refractivity contribution in [2.24, 2.45) is 16.3 Å². The lowest BCUT2D eigenvalue weighted by Crippen LogP contribution is -2.37. The molecule has 118 valence electrons. The summed E-state index contributed by atoms with van der Waals surface area (Å²) in [5.74, 6) is 0.0952. The summed E-state index contributed by atoms with van der Waals surface area (Å²) >= 11 is 0. The molecule has 0 radical (unpaired) electrons. The molecule has 4 N–H and O–H groups in total. The minimum Gasteiger partial charge on any atom is -0.409 e. The molecule has 5 heteroatoms. The zero-order valence-corrected chi connectivity index (χ0v) is 13.2. The molecule has 1 rings (SSSR count). The number of oxime groups is 1. The van der Waals surface area contributed by atoms with Crippen molar-refractivity contribution < 1.29 is 9.94 Å². The molecule has 0 heterocycles. The summed E-state index contributed by atoms with van der Waals surface area (Å²) < 4.78 is 5.13. The Balaban J connectivity index is 2.60. The van der Waals surface area contributed by atoms with Gasteiger partial charge in [0.2, 0.25) is 0 Å². The lowest BCUT2D eigenvalue weighted by Gasteiger charge is -2.26. The SMILES string of the molecule is COCCC(C)(C)CNCC(/C(N)=N/O)c1ccccc1. The van der Waals surface area contributed by atoms with Crippen molar-refractivity contribution in [1.82, 2.24) is 5.32 Å². The van der Waals surface area contributed by atoms with Crippen LogP contribution < -0.4 is 11.1 Å². The molecule has 0 amide bonds. The summed E-state index contributed by atoms with van der Waals surface area (Å²) in [6.07, 6.45) is 0.982. The Morgan fingerprint density at radius 3 is 2.62 bits per heavy atom. The van der Waals surface area contributed by atoms with Gasteiger partial charge < -0.3 is 21.0 Å². The first-order valence-electron chi connectivity index (χ1n) is 7.22. The van der Waals surface area contributed by atoms with Crippen molar-refractivity contribution in [3.05, 3.63) is 35.9 Å². The van der Waals surface area contributed by atoms with E-state index in [-0.39, 0.29) is 17.2 Å². The lowest BCUT2D eigenvalue weighted by atomic mass is 9.89. The molecule has 0 bridgehead atoms. The number of nitrogens with one attached hydrogen (secondary N) is 1. The Kier molecular flexibility index (Phi) is 7.19. The topological polar surface area (TPSA) is 79.9 Å². The number of nitrogens with zero attached hydrogens (tertiary/aromatic N) is 1. The van der Waals surface area contributed by atoms with Crippen LogP contribution >= 0.6 is 0 Å². The Morgan fingerprint density at radius 2 is 2.05 bits per heavy atom. The fourth-order valence-corrected chi connectivity index (χ4v) is 2.17. The summed E-state index contributed by atoms with van der Waals surface area (Å²) in [4.78, 5) is 0. The largest absolute Gasteiger partial charge is 0.409 e. The molecule has 1 aromatic rings. The highest BCUT2D eigenvalue weighted by Crippen LogP contribution is 2.20. The predicted octanol–water partition coefficient (Wildman–Crippen LogP) is 2.17. The first kappa shape index (κ1) is 17.5. The fourth-order valence-electron chi connectivity index (χ4n) is 2.17. The van der Waals surface area contributed by atoms with Crippen LogP contribution in [0.3, 0.4) is 0 Å². The molecule has 21 heavy (non-hydrogen) atoms.